The first-order chi connectivity index (χ1) is 15.0. The standard InChI is InChI=1S/C24H22N6O/c1-28(2)15-18-4-8-19(9-5-18)22-13-27-23-14-26-21(16-30(22)23)24(31)29(3)20-10-6-17(12-25)7-11-20/h4-11,13-14,16H,15H2,1-3H3. The van der Waals surface area contributed by atoms with E-state index in [9.17, 15) is 4.79 Å². The van der Waals surface area contributed by atoms with Gasteiger partial charge in [-0.15, -0.1) is 0 Å². The van der Waals surface area contributed by atoms with E-state index in [1.165, 1.54) is 10.5 Å². The maximum absolute atomic E-state index is 13.0. The van der Waals surface area contributed by atoms with Gasteiger partial charge < -0.3 is 9.80 Å². The highest BCUT2D eigenvalue weighted by Gasteiger charge is 2.17. The summed E-state index contributed by atoms with van der Waals surface area (Å²) < 4.78 is 1.88. The summed E-state index contributed by atoms with van der Waals surface area (Å²) in [6, 6.07) is 17.3. The summed E-state index contributed by atoms with van der Waals surface area (Å²) >= 11 is 0. The van der Waals surface area contributed by atoms with Gasteiger partial charge >= 0.3 is 0 Å². The molecule has 31 heavy (non-hydrogen) atoms. The number of carbonyl (C=O) groups excluding carboxylic acids is 1. The van der Waals surface area contributed by atoms with E-state index < -0.39 is 0 Å². The molecule has 0 bridgehead atoms. The van der Waals surface area contributed by atoms with Crippen LogP contribution in [0.5, 0.6) is 0 Å². The van der Waals surface area contributed by atoms with Crippen molar-refractivity contribution in [3.63, 3.8) is 0 Å². The van der Waals surface area contributed by atoms with Gasteiger partial charge in [0.2, 0.25) is 0 Å². The highest BCUT2D eigenvalue weighted by Crippen LogP contribution is 2.22. The molecule has 7 heteroatoms. The van der Waals surface area contributed by atoms with Gasteiger partial charge in [-0.2, -0.15) is 5.26 Å². The number of imidazole rings is 1. The van der Waals surface area contributed by atoms with E-state index in [1.54, 1.807) is 49.9 Å². The maximum atomic E-state index is 13.0. The molecule has 0 saturated carbocycles. The summed E-state index contributed by atoms with van der Waals surface area (Å²) in [4.78, 5) is 25.4. The number of fused-ring (bicyclic) bond motifs is 1. The predicted molar refractivity (Wildman–Crippen MR) is 120 cm³/mol. The Kier molecular flexibility index (Phi) is 5.48. The van der Waals surface area contributed by atoms with Crippen molar-refractivity contribution in [3.8, 4) is 17.3 Å². The number of nitrogens with zero attached hydrogens (tertiary/aromatic N) is 6. The topological polar surface area (TPSA) is 77.5 Å². The Balaban J connectivity index is 1.64. The van der Waals surface area contributed by atoms with Crippen LogP contribution in [0.1, 0.15) is 21.6 Å². The lowest BCUT2D eigenvalue weighted by atomic mass is 10.1. The van der Waals surface area contributed by atoms with Gasteiger partial charge in [0.05, 0.1) is 29.7 Å². The zero-order valence-corrected chi connectivity index (χ0v) is 17.6. The quantitative estimate of drug-likeness (QED) is 0.502. The number of aromatic nitrogens is 3. The zero-order chi connectivity index (χ0) is 22.0. The van der Waals surface area contributed by atoms with Crippen molar-refractivity contribution in [2.75, 3.05) is 26.0 Å². The average molecular weight is 410 g/mol. The molecule has 7 nitrogen and oxygen atoms in total. The number of hydrogen-bond acceptors (Lipinski definition) is 5. The second-order valence-electron chi connectivity index (χ2n) is 7.60. The van der Waals surface area contributed by atoms with E-state index in [4.69, 9.17) is 5.26 Å². The molecule has 1 amide bonds. The molecule has 2 aromatic heterocycles. The Bertz CT molecular complexity index is 1270. The van der Waals surface area contributed by atoms with Crippen molar-refractivity contribution >= 4 is 17.2 Å². The third kappa shape index (κ3) is 4.15. The van der Waals surface area contributed by atoms with Gasteiger partial charge in [0.1, 0.15) is 5.69 Å². The molecule has 4 aromatic rings. The Hall–Kier alpha value is -4.02. The smallest absolute Gasteiger partial charge is 0.278 e. The van der Waals surface area contributed by atoms with Crippen LogP contribution in [0.15, 0.2) is 67.1 Å². The first kappa shape index (κ1) is 20.3. The lowest BCUT2D eigenvalue weighted by Crippen LogP contribution is -2.27. The van der Waals surface area contributed by atoms with E-state index in [-0.39, 0.29) is 5.91 Å². The molecule has 0 saturated heterocycles. The van der Waals surface area contributed by atoms with Crippen molar-refractivity contribution in [2.24, 2.45) is 0 Å². The van der Waals surface area contributed by atoms with E-state index >= 15 is 0 Å². The number of carbonyl (C=O) groups is 1. The van der Waals surface area contributed by atoms with Gasteiger partial charge in [0.15, 0.2) is 5.65 Å². The minimum atomic E-state index is -0.243. The molecule has 0 N–H and O–H groups in total. The van der Waals surface area contributed by atoms with Gasteiger partial charge in [-0.3, -0.25) is 9.20 Å². The third-order valence-corrected chi connectivity index (χ3v) is 5.05. The molecule has 0 fully saturated rings. The van der Waals surface area contributed by atoms with E-state index in [0.29, 0.717) is 22.6 Å². The first-order valence-electron chi connectivity index (χ1n) is 9.81. The van der Waals surface area contributed by atoms with Crippen molar-refractivity contribution < 1.29 is 4.79 Å². The maximum Gasteiger partial charge on any atom is 0.278 e. The molecule has 154 valence electrons. The van der Waals surface area contributed by atoms with Gasteiger partial charge in [-0.1, -0.05) is 24.3 Å². The monoisotopic (exact) mass is 410 g/mol. The molecule has 0 aliphatic carbocycles. The molecule has 0 spiro atoms. The molecule has 0 atom stereocenters. The number of benzene rings is 2. The van der Waals surface area contributed by atoms with Crippen molar-refractivity contribution in [1.29, 1.82) is 5.26 Å². The summed E-state index contributed by atoms with van der Waals surface area (Å²) in [7, 11) is 5.77. The van der Waals surface area contributed by atoms with Crippen LogP contribution < -0.4 is 4.90 Å². The van der Waals surface area contributed by atoms with Gasteiger partial charge in [-0.05, 0) is 43.9 Å². The fourth-order valence-corrected chi connectivity index (χ4v) is 3.41. The van der Waals surface area contributed by atoms with Crippen LogP contribution in [0.3, 0.4) is 0 Å². The molecule has 0 radical (unpaired) electrons. The summed E-state index contributed by atoms with van der Waals surface area (Å²) in [6.45, 7) is 0.873. The normalized spacial score (nSPS) is 10.9. The van der Waals surface area contributed by atoms with Crippen LogP contribution in [-0.2, 0) is 6.54 Å². The molecule has 0 unspecified atom stereocenters. The molecule has 2 heterocycles. The minimum Gasteiger partial charge on any atom is -0.310 e. The molecule has 2 aromatic carbocycles. The van der Waals surface area contributed by atoms with Crippen LogP contribution in [0, 0.1) is 11.3 Å². The first-order valence-corrected chi connectivity index (χ1v) is 9.81. The van der Waals surface area contributed by atoms with Gasteiger partial charge in [-0.25, -0.2) is 9.97 Å². The van der Waals surface area contributed by atoms with Crippen LogP contribution in [0.4, 0.5) is 5.69 Å². The lowest BCUT2D eigenvalue weighted by Gasteiger charge is -2.17. The largest absolute Gasteiger partial charge is 0.310 e. The fraction of sp³-hybridized carbons (Fsp3) is 0.167. The Morgan fingerprint density at radius 3 is 2.35 bits per heavy atom. The van der Waals surface area contributed by atoms with Crippen LogP contribution in [-0.4, -0.2) is 46.3 Å². The summed E-state index contributed by atoms with van der Waals surface area (Å²) in [5, 5.41) is 8.96. The number of hydrogen-bond donors (Lipinski definition) is 0. The lowest BCUT2D eigenvalue weighted by molar-refractivity contribution is 0.0988. The number of nitriles is 1. The summed E-state index contributed by atoms with van der Waals surface area (Å²) in [5.74, 6) is -0.243. The van der Waals surface area contributed by atoms with E-state index in [1.807, 2.05) is 18.5 Å². The van der Waals surface area contributed by atoms with Crippen molar-refractivity contribution in [3.05, 3.63) is 83.9 Å². The predicted octanol–water partition coefficient (Wildman–Crippen LogP) is 3.61. The molecule has 0 aliphatic heterocycles. The summed E-state index contributed by atoms with van der Waals surface area (Å²) in [6.07, 6.45) is 5.11. The number of amides is 1. The van der Waals surface area contributed by atoms with E-state index in [2.05, 4.69) is 45.2 Å². The van der Waals surface area contributed by atoms with Crippen LogP contribution in [0.2, 0.25) is 0 Å². The highest BCUT2D eigenvalue weighted by atomic mass is 16.2. The Morgan fingerprint density at radius 2 is 1.71 bits per heavy atom. The second kappa shape index (κ2) is 8.38. The Morgan fingerprint density at radius 1 is 1.00 bits per heavy atom. The van der Waals surface area contributed by atoms with Crippen LogP contribution >= 0.6 is 0 Å². The van der Waals surface area contributed by atoms with Gasteiger partial charge in [0, 0.05) is 31.0 Å². The van der Waals surface area contributed by atoms with Gasteiger partial charge in [0.25, 0.3) is 5.91 Å². The highest BCUT2D eigenvalue weighted by molar-refractivity contribution is 6.04. The number of anilines is 1. The minimum absolute atomic E-state index is 0.243. The second-order valence-corrected chi connectivity index (χ2v) is 7.60. The number of rotatable bonds is 5. The average Bonchev–Trinajstić information content (AvgIpc) is 3.21. The summed E-state index contributed by atoms with van der Waals surface area (Å²) in [5.41, 5.74) is 5.35. The Labute approximate surface area is 180 Å². The molecule has 0 aliphatic rings. The zero-order valence-electron chi connectivity index (χ0n) is 17.6. The fourth-order valence-electron chi connectivity index (χ4n) is 3.41. The molecule has 4 rings (SSSR count). The van der Waals surface area contributed by atoms with E-state index in [0.717, 1.165) is 17.8 Å². The SMILES string of the molecule is CN(C)Cc1ccc(-c2cnc3cnc(C(=O)N(C)c4ccc(C#N)cc4)cn23)cc1. The molecular weight excluding hydrogens is 388 g/mol. The molecular formula is C24H22N6O. The third-order valence-electron chi connectivity index (χ3n) is 5.05. The van der Waals surface area contributed by atoms with Crippen molar-refractivity contribution in [2.45, 2.75) is 6.54 Å². The van der Waals surface area contributed by atoms with Crippen molar-refractivity contribution in [1.82, 2.24) is 19.3 Å². The van der Waals surface area contributed by atoms with Crippen LogP contribution in [0.25, 0.3) is 16.9 Å².